The number of halogens is 2. The number of anilines is 1. The van der Waals surface area contributed by atoms with Crippen LogP contribution in [-0.2, 0) is 4.79 Å². The summed E-state index contributed by atoms with van der Waals surface area (Å²) in [7, 11) is 0. The van der Waals surface area contributed by atoms with Crippen LogP contribution in [0.25, 0.3) is 11.0 Å². The molecule has 5 nitrogen and oxygen atoms in total. The Hall–Kier alpha value is -1.38. The SMILES string of the molecule is CC(C(=O)N1CCCC1)n1c(N)nc2cc(I)c(F)cc21. The average Bonchev–Trinajstić information content (AvgIpc) is 3.06. The van der Waals surface area contributed by atoms with Gasteiger partial charge in [0.1, 0.15) is 11.9 Å². The van der Waals surface area contributed by atoms with E-state index in [0.29, 0.717) is 14.6 Å². The second kappa shape index (κ2) is 5.43. The number of nitrogens with two attached hydrogens (primary N) is 1. The van der Waals surface area contributed by atoms with Crippen molar-refractivity contribution in [3.05, 3.63) is 21.5 Å². The Balaban J connectivity index is 2.04. The maximum absolute atomic E-state index is 13.8. The third-order valence-electron chi connectivity index (χ3n) is 3.92. The van der Waals surface area contributed by atoms with Crippen LogP contribution in [0.3, 0.4) is 0 Å². The van der Waals surface area contributed by atoms with Crippen molar-refractivity contribution in [3.8, 4) is 0 Å². The molecule has 1 aromatic heterocycles. The number of hydrogen-bond donors (Lipinski definition) is 1. The van der Waals surface area contributed by atoms with E-state index in [4.69, 9.17) is 5.73 Å². The van der Waals surface area contributed by atoms with Crippen molar-refractivity contribution in [2.24, 2.45) is 0 Å². The fourth-order valence-corrected chi connectivity index (χ4v) is 3.28. The summed E-state index contributed by atoms with van der Waals surface area (Å²) in [6.45, 7) is 3.35. The first-order chi connectivity index (χ1) is 9.99. The molecule has 1 saturated heterocycles. The Morgan fingerprint density at radius 1 is 1.43 bits per heavy atom. The monoisotopic (exact) mass is 402 g/mol. The number of amides is 1. The molecule has 21 heavy (non-hydrogen) atoms. The Bertz CT molecular complexity index is 709. The van der Waals surface area contributed by atoms with Gasteiger partial charge >= 0.3 is 0 Å². The van der Waals surface area contributed by atoms with Gasteiger partial charge in [0.05, 0.1) is 14.6 Å². The van der Waals surface area contributed by atoms with E-state index in [0.717, 1.165) is 25.9 Å². The summed E-state index contributed by atoms with van der Waals surface area (Å²) in [5, 5.41) is 0. The number of fused-ring (bicyclic) bond motifs is 1. The van der Waals surface area contributed by atoms with E-state index in [2.05, 4.69) is 4.98 Å². The van der Waals surface area contributed by atoms with Crippen molar-refractivity contribution in [3.63, 3.8) is 0 Å². The molecular weight excluding hydrogens is 386 g/mol. The zero-order valence-corrected chi connectivity index (χ0v) is 13.8. The van der Waals surface area contributed by atoms with Crippen molar-refractivity contribution < 1.29 is 9.18 Å². The van der Waals surface area contributed by atoms with E-state index in [1.165, 1.54) is 6.07 Å². The molecule has 7 heteroatoms. The lowest BCUT2D eigenvalue weighted by Gasteiger charge is -2.22. The first-order valence-corrected chi connectivity index (χ1v) is 7.98. The molecular formula is C14H16FIN4O. The van der Waals surface area contributed by atoms with E-state index in [1.54, 1.807) is 17.6 Å². The van der Waals surface area contributed by atoms with Crippen LogP contribution >= 0.6 is 22.6 Å². The van der Waals surface area contributed by atoms with Gasteiger partial charge in [0.2, 0.25) is 11.9 Å². The maximum atomic E-state index is 13.8. The molecule has 0 spiro atoms. The smallest absolute Gasteiger partial charge is 0.245 e. The van der Waals surface area contributed by atoms with E-state index in [-0.39, 0.29) is 17.7 Å². The highest BCUT2D eigenvalue weighted by molar-refractivity contribution is 14.1. The van der Waals surface area contributed by atoms with Gasteiger partial charge in [0.25, 0.3) is 0 Å². The van der Waals surface area contributed by atoms with E-state index >= 15 is 0 Å². The number of aromatic nitrogens is 2. The number of imidazole rings is 1. The number of nitrogens with zero attached hydrogens (tertiary/aromatic N) is 3. The van der Waals surface area contributed by atoms with E-state index in [1.807, 2.05) is 27.5 Å². The molecule has 0 radical (unpaired) electrons. The second-order valence-electron chi connectivity index (χ2n) is 5.30. The number of rotatable bonds is 2. The molecule has 1 fully saturated rings. The lowest BCUT2D eigenvalue weighted by molar-refractivity contribution is -0.133. The lowest BCUT2D eigenvalue weighted by atomic mass is 10.2. The van der Waals surface area contributed by atoms with Crippen LogP contribution in [0.5, 0.6) is 0 Å². The van der Waals surface area contributed by atoms with E-state index < -0.39 is 6.04 Å². The van der Waals surface area contributed by atoms with Crippen LogP contribution in [0.15, 0.2) is 12.1 Å². The second-order valence-corrected chi connectivity index (χ2v) is 6.47. The summed E-state index contributed by atoms with van der Waals surface area (Å²) < 4.78 is 15.9. The van der Waals surface area contributed by atoms with Gasteiger partial charge in [0.15, 0.2) is 0 Å². The molecule has 2 aromatic rings. The summed E-state index contributed by atoms with van der Waals surface area (Å²) in [5.74, 6) is -0.0750. The minimum absolute atomic E-state index is 0.0115. The van der Waals surface area contributed by atoms with Crippen LogP contribution in [0.1, 0.15) is 25.8 Å². The zero-order valence-electron chi connectivity index (χ0n) is 11.6. The molecule has 1 aliphatic heterocycles. The highest BCUT2D eigenvalue weighted by Gasteiger charge is 2.27. The van der Waals surface area contributed by atoms with Crippen LogP contribution in [-0.4, -0.2) is 33.4 Å². The van der Waals surface area contributed by atoms with E-state index in [9.17, 15) is 9.18 Å². The van der Waals surface area contributed by atoms with Crippen LogP contribution in [0.2, 0.25) is 0 Å². The lowest BCUT2D eigenvalue weighted by Crippen LogP contribution is -2.34. The Morgan fingerprint density at radius 3 is 2.76 bits per heavy atom. The Labute approximate surface area is 135 Å². The van der Waals surface area contributed by atoms with Crippen LogP contribution in [0.4, 0.5) is 10.3 Å². The predicted octanol–water partition coefficient (Wildman–Crippen LogP) is 2.55. The maximum Gasteiger partial charge on any atom is 0.245 e. The van der Waals surface area contributed by atoms with Gasteiger partial charge in [0, 0.05) is 19.2 Å². The standard InChI is InChI=1S/C14H16FIN4O/c1-8(13(21)19-4-2-3-5-19)20-12-6-9(15)10(16)7-11(12)18-14(20)17/h6-8H,2-5H2,1H3,(H2,17,18). The Kier molecular flexibility index (Phi) is 3.76. The zero-order chi connectivity index (χ0) is 15.1. The molecule has 2 heterocycles. The highest BCUT2D eigenvalue weighted by Crippen LogP contribution is 2.27. The largest absolute Gasteiger partial charge is 0.369 e. The minimum Gasteiger partial charge on any atom is -0.369 e. The summed E-state index contributed by atoms with van der Waals surface area (Å²) in [6.07, 6.45) is 2.07. The highest BCUT2D eigenvalue weighted by atomic mass is 127. The van der Waals surface area contributed by atoms with Gasteiger partial charge in [-0.05, 0) is 48.4 Å². The van der Waals surface area contributed by atoms with Gasteiger partial charge < -0.3 is 10.6 Å². The number of hydrogen-bond acceptors (Lipinski definition) is 3. The molecule has 1 aromatic carbocycles. The van der Waals surface area contributed by atoms with Crippen molar-refractivity contribution in [2.75, 3.05) is 18.8 Å². The fourth-order valence-electron chi connectivity index (χ4n) is 2.83. The summed E-state index contributed by atoms with van der Waals surface area (Å²) >= 11 is 1.91. The molecule has 1 aliphatic rings. The number of nitrogen functional groups attached to an aromatic ring is 1. The molecule has 2 N–H and O–H groups in total. The average molecular weight is 402 g/mol. The molecule has 1 unspecified atom stereocenters. The molecule has 112 valence electrons. The molecule has 1 amide bonds. The summed E-state index contributed by atoms with van der Waals surface area (Å²) in [5.41, 5.74) is 7.12. The quantitative estimate of drug-likeness (QED) is 0.786. The first-order valence-electron chi connectivity index (χ1n) is 6.90. The minimum atomic E-state index is -0.479. The van der Waals surface area contributed by atoms with Crippen LogP contribution in [0, 0.1) is 9.39 Å². The van der Waals surface area contributed by atoms with Crippen molar-refractivity contribution in [2.45, 2.75) is 25.8 Å². The van der Waals surface area contributed by atoms with Crippen molar-refractivity contribution >= 4 is 45.5 Å². The number of carbonyl (C=O) groups excluding carboxylic acids is 1. The molecule has 0 bridgehead atoms. The van der Waals surface area contributed by atoms with Crippen molar-refractivity contribution in [1.82, 2.24) is 14.5 Å². The molecule has 0 aliphatic carbocycles. The normalized spacial score (nSPS) is 16.6. The van der Waals surface area contributed by atoms with Gasteiger partial charge in [-0.2, -0.15) is 0 Å². The predicted molar refractivity (Wildman–Crippen MR) is 87.3 cm³/mol. The summed E-state index contributed by atoms with van der Waals surface area (Å²) in [6, 6.07) is 2.56. The van der Waals surface area contributed by atoms with Gasteiger partial charge in [-0.1, -0.05) is 0 Å². The van der Waals surface area contributed by atoms with Gasteiger partial charge in [-0.3, -0.25) is 9.36 Å². The fraction of sp³-hybridized carbons (Fsp3) is 0.429. The topological polar surface area (TPSA) is 64.2 Å². The Morgan fingerprint density at radius 2 is 2.10 bits per heavy atom. The molecule has 1 atom stereocenters. The van der Waals surface area contributed by atoms with Crippen molar-refractivity contribution in [1.29, 1.82) is 0 Å². The van der Waals surface area contributed by atoms with Gasteiger partial charge in [-0.15, -0.1) is 0 Å². The number of carbonyl (C=O) groups is 1. The van der Waals surface area contributed by atoms with Crippen LogP contribution < -0.4 is 5.73 Å². The number of likely N-dealkylation sites (tertiary alicyclic amines) is 1. The third kappa shape index (κ3) is 2.47. The first kappa shape index (κ1) is 14.6. The molecule has 0 saturated carbocycles. The number of benzene rings is 1. The third-order valence-corrected chi connectivity index (χ3v) is 4.75. The summed E-state index contributed by atoms with van der Waals surface area (Å²) in [4.78, 5) is 18.6. The van der Waals surface area contributed by atoms with Gasteiger partial charge in [-0.25, -0.2) is 9.37 Å². The molecule has 3 rings (SSSR count).